The SMILES string of the molecule is CC[C@H](Oc1ccccc1)C(=O)N1CC(c2ccccn2)C1. The van der Waals surface area contributed by atoms with Crippen molar-refractivity contribution in [3.8, 4) is 5.75 Å². The monoisotopic (exact) mass is 296 g/mol. The second-order valence-corrected chi connectivity index (χ2v) is 5.52. The molecule has 0 unspecified atom stereocenters. The zero-order chi connectivity index (χ0) is 15.4. The minimum Gasteiger partial charge on any atom is -0.481 e. The third-order valence-electron chi connectivity index (χ3n) is 3.97. The summed E-state index contributed by atoms with van der Waals surface area (Å²) in [6.07, 6.45) is 2.05. The van der Waals surface area contributed by atoms with Crippen LogP contribution in [0, 0.1) is 0 Å². The summed E-state index contributed by atoms with van der Waals surface area (Å²) in [7, 11) is 0. The zero-order valence-corrected chi connectivity index (χ0v) is 12.7. The maximum absolute atomic E-state index is 12.5. The van der Waals surface area contributed by atoms with Gasteiger partial charge in [-0.2, -0.15) is 0 Å². The van der Waals surface area contributed by atoms with Crippen molar-refractivity contribution in [1.29, 1.82) is 0 Å². The number of carbonyl (C=O) groups excluding carboxylic acids is 1. The molecule has 0 radical (unpaired) electrons. The lowest BCUT2D eigenvalue weighted by Gasteiger charge is -2.40. The Labute approximate surface area is 130 Å². The predicted molar refractivity (Wildman–Crippen MR) is 84.7 cm³/mol. The molecule has 1 atom stereocenters. The van der Waals surface area contributed by atoms with E-state index in [0.29, 0.717) is 12.3 Å². The van der Waals surface area contributed by atoms with Gasteiger partial charge >= 0.3 is 0 Å². The van der Waals surface area contributed by atoms with Gasteiger partial charge in [0.1, 0.15) is 5.75 Å². The van der Waals surface area contributed by atoms with Gasteiger partial charge in [0.2, 0.25) is 0 Å². The average molecular weight is 296 g/mol. The summed E-state index contributed by atoms with van der Waals surface area (Å²) in [6, 6.07) is 15.4. The average Bonchev–Trinajstić information content (AvgIpc) is 2.53. The summed E-state index contributed by atoms with van der Waals surface area (Å²) < 4.78 is 5.82. The van der Waals surface area contributed by atoms with Crippen LogP contribution in [0.5, 0.6) is 5.75 Å². The van der Waals surface area contributed by atoms with Crippen LogP contribution in [0.25, 0.3) is 0 Å². The Morgan fingerprint density at radius 2 is 1.95 bits per heavy atom. The molecular formula is C18H20N2O2. The van der Waals surface area contributed by atoms with E-state index in [1.54, 1.807) is 6.20 Å². The normalized spacial score (nSPS) is 16.0. The highest BCUT2D eigenvalue weighted by atomic mass is 16.5. The van der Waals surface area contributed by atoms with E-state index in [9.17, 15) is 4.79 Å². The first-order valence-electron chi connectivity index (χ1n) is 7.69. The molecule has 4 nitrogen and oxygen atoms in total. The molecule has 2 aromatic rings. The van der Waals surface area contributed by atoms with E-state index in [-0.39, 0.29) is 5.91 Å². The summed E-state index contributed by atoms with van der Waals surface area (Å²) in [4.78, 5) is 18.7. The van der Waals surface area contributed by atoms with E-state index in [1.165, 1.54) is 0 Å². The number of carbonyl (C=O) groups is 1. The lowest BCUT2D eigenvalue weighted by atomic mass is 9.95. The second-order valence-electron chi connectivity index (χ2n) is 5.52. The van der Waals surface area contributed by atoms with E-state index >= 15 is 0 Å². The molecule has 1 saturated heterocycles. The van der Waals surface area contributed by atoms with E-state index in [0.717, 1.165) is 24.5 Å². The Kier molecular flexibility index (Phi) is 4.37. The van der Waals surface area contributed by atoms with Gasteiger partial charge in [0.15, 0.2) is 6.10 Å². The molecule has 0 saturated carbocycles. The molecule has 0 bridgehead atoms. The summed E-state index contributed by atoms with van der Waals surface area (Å²) >= 11 is 0. The fourth-order valence-electron chi connectivity index (χ4n) is 2.64. The van der Waals surface area contributed by atoms with Crippen LogP contribution >= 0.6 is 0 Å². The van der Waals surface area contributed by atoms with Gasteiger partial charge in [0.05, 0.1) is 0 Å². The van der Waals surface area contributed by atoms with Gasteiger partial charge in [-0.15, -0.1) is 0 Å². The topological polar surface area (TPSA) is 42.4 Å². The molecule has 0 N–H and O–H groups in total. The molecule has 1 aliphatic rings. The van der Waals surface area contributed by atoms with Gasteiger partial charge in [-0.05, 0) is 30.7 Å². The van der Waals surface area contributed by atoms with Crippen LogP contribution in [0.3, 0.4) is 0 Å². The summed E-state index contributed by atoms with van der Waals surface area (Å²) in [5, 5.41) is 0. The van der Waals surface area contributed by atoms with Gasteiger partial charge in [0.25, 0.3) is 5.91 Å². The number of ether oxygens (including phenoxy) is 1. The van der Waals surface area contributed by atoms with Crippen molar-refractivity contribution in [3.63, 3.8) is 0 Å². The molecule has 0 spiro atoms. The van der Waals surface area contributed by atoms with Crippen molar-refractivity contribution in [2.75, 3.05) is 13.1 Å². The zero-order valence-electron chi connectivity index (χ0n) is 12.7. The van der Waals surface area contributed by atoms with Crippen molar-refractivity contribution in [3.05, 3.63) is 60.4 Å². The molecule has 22 heavy (non-hydrogen) atoms. The molecule has 1 aromatic heterocycles. The Morgan fingerprint density at radius 3 is 2.59 bits per heavy atom. The number of hydrogen-bond acceptors (Lipinski definition) is 3. The molecule has 2 heterocycles. The van der Waals surface area contributed by atoms with E-state index in [4.69, 9.17) is 4.74 Å². The lowest BCUT2D eigenvalue weighted by Crippen LogP contribution is -2.53. The number of rotatable bonds is 5. The summed E-state index contributed by atoms with van der Waals surface area (Å²) in [5.41, 5.74) is 1.06. The fraction of sp³-hybridized carbons (Fsp3) is 0.333. The molecule has 114 valence electrons. The van der Waals surface area contributed by atoms with Gasteiger partial charge in [0, 0.05) is 30.9 Å². The van der Waals surface area contributed by atoms with E-state index in [2.05, 4.69) is 4.98 Å². The number of likely N-dealkylation sites (tertiary alicyclic amines) is 1. The molecule has 1 amide bonds. The summed E-state index contributed by atoms with van der Waals surface area (Å²) in [5.74, 6) is 1.16. The predicted octanol–water partition coefficient (Wildman–Crippen LogP) is 2.87. The molecule has 4 heteroatoms. The Balaban J connectivity index is 1.57. The number of hydrogen-bond donors (Lipinski definition) is 0. The third-order valence-corrected chi connectivity index (χ3v) is 3.97. The smallest absolute Gasteiger partial charge is 0.263 e. The van der Waals surface area contributed by atoms with Crippen molar-refractivity contribution >= 4 is 5.91 Å². The van der Waals surface area contributed by atoms with Crippen LogP contribution in [-0.2, 0) is 4.79 Å². The Bertz CT molecular complexity index is 609. The van der Waals surface area contributed by atoms with Gasteiger partial charge in [-0.1, -0.05) is 31.2 Å². The van der Waals surface area contributed by atoms with Crippen LogP contribution in [0.4, 0.5) is 0 Å². The molecule has 3 rings (SSSR count). The van der Waals surface area contributed by atoms with E-state index < -0.39 is 6.10 Å². The largest absolute Gasteiger partial charge is 0.481 e. The number of para-hydroxylation sites is 1. The lowest BCUT2D eigenvalue weighted by molar-refractivity contribution is -0.143. The van der Waals surface area contributed by atoms with Crippen molar-refractivity contribution in [2.24, 2.45) is 0 Å². The standard InChI is InChI=1S/C18H20N2O2/c1-2-17(22-15-8-4-3-5-9-15)18(21)20-12-14(13-20)16-10-6-7-11-19-16/h3-11,14,17H,2,12-13H2,1H3/t17-/m0/s1. The minimum atomic E-state index is -0.410. The van der Waals surface area contributed by atoms with Crippen LogP contribution in [0.2, 0.25) is 0 Å². The van der Waals surface area contributed by atoms with E-state index in [1.807, 2.05) is 60.4 Å². The van der Waals surface area contributed by atoms with Gasteiger partial charge in [-0.3, -0.25) is 9.78 Å². The fourth-order valence-corrected chi connectivity index (χ4v) is 2.64. The number of pyridine rings is 1. The first-order chi connectivity index (χ1) is 10.8. The second kappa shape index (κ2) is 6.60. The van der Waals surface area contributed by atoms with Crippen molar-refractivity contribution < 1.29 is 9.53 Å². The highest BCUT2D eigenvalue weighted by Gasteiger charge is 2.36. The number of benzene rings is 1. The number of amides is 1. The minimum absolute atomic E-state index is 0.0681. The van der Waals surface area contributed by atoms with Crippen LogP contribution < -0.4 is 4.74 Å². The summed E-state index contributed by atoms with van der Waals surface area (Å²) in [6.45, 7) is 3.43. The molecule has 0 aliphatic carbocycles. The molecular weight excluding hydrogens is 276 g/mol. The Morgan fingerprint density at radius 1 is 1.23 bits per heavy atom. The van der Waals surface area contributed by atoms with Crippen LogP contribution in [0.15, 0.2) is 54.7 Å². The van der Waals surface area contributed by atoms with Gasteiger partial charge < -0.3 is 9.64 Å². The van der Waals surface area contributed by atoms with Crippen molar-refractivity contribution in [2.45, 2.75) is 25.4 Å². The number of nitrogens with zero attached hydrogens (tertiary/aromatic N) is 2. The van der Waals surface area contributed by atoms with Crippen LogP contribution in [0.1, 0.15) is 25.0 Å². The molecule has 1 aliphatic heterocycles. The maximum atomic E-state index is 12.5. The third kappa shape index (κ3) is 3.11. The highest BCUT2D eigenvalue weighted by Crippen LogP contribution is 2.27. The quantitative estimate of drug-likeness (QED) is 0.852. The maximum Gasteiger partial charge on any atom is 0.263 e. The van der Waals surface area contributed by atoms with Gasteiger partial charge in [-0.25, -0.2) is 0 Å². The number of aromatic nitrogens is 1. The van der Waals surface area contributed by atoms with Crippen LogP contribution in [-0.4, -0.2) is 35.0 Å². The Hall–Kier alpha value is -2.36. The molecule has 1 fully saturated rings. The van der Waals surface area contributed by atoms with Crippen molar-refractivity contribution in [1.82, 2.24) is 9.88 Å². The first-order valence-corrected chi connectivity index (χ1v) is 7.69. The highest BCUT2D eigenvalue weighted by molar-refractivity contribution is 5.82. The molecule has 1 aromatic carbocycles. The first kappa shape index (κ1) is 14.6.